The average molecular weight is 411 g/mol. The molecule has 2 rings (SSSR count). The van der Waals surface area contributed by atoms with Crippen molar-refractivity contribution in [1.29, 1.82) is 0 Å². The summed E-state index contributed by atoms with van der Waals surface area (Å²) in [6.45, 7) is 4.94. The third kappa shape index (κ3) is 6.59. The first-order chi connectivity index (χ1) is 13.1. The lowest BCUT2D eigenvalue weighted by Crippen LogP contribution is -2.28. The number of ether oxygens (including phenoxy) is 2. The van der Waals surface area contributed by atoms with Crippen molar-refractivity contribution in [2.45, 2.75) is 37.1 Å². The zero-order chi connectivity index (χ0) is 19.6. The van der Waals surface area contributed by atoms with Crippen LogP contribution >= 0.6 is 23.1 Å². The van der Waals surface area contributed by atoms with Crippen LogP contribution < -0.4 is 20.1 Å². The van der Waals surface area contributed by atoms with Gasteiger partial charge in [-0.3, -0.25) is 4.79 Å². The molecule has 148 valence electrons. The van der Waals surface area contributed by atoms with E-state index in [0.29, 0.717) is 5.75 Å². The summed E-state index contributed by atoms with van der Waals surface area (Å²) in [6.07, 6.45) is 2.22. The molecule has 1 unspecified atom stereocenters. The number of carbonyl (C=O) groups excluding carboxylic acids is 1. The predicted molar refractivity (Wildman–Crippen MR) is 110 cm³/mol. The molecule has 1 aromatic heterocycles. The Balaban J connectivity index is 1.86. The highest BCUT2D eigenvalue weighted by atomic mass is 32.2. The normalized spacial score (nSPS) is 11.7. The molecule has 2 N–H and O–H groups in total. The van der Waals surface area contributed by atoms with Crippen molar-refractivity contribution in [1.82, 2.24) is 15.5 Å². The lowest BCUT2D eigenvalue weighted by atomic mass is 10.1. The Morgan fingerprint density at radius 2 is 2.11 bits per heavy atom. The maximum absolute atomic E-state index is 12.3. The van der Waals surface area contributed by atoms with Crippen LogP contribution in [0, 0.1) is 0 Å². The summed E-state index contributed by atoms with van der Waals surface area (Å²) in [7, 11) is 3.22. The lowest BCUT2D eigenvalue weighted by molar-refractivity contribution is -0.119. The summed E-state index contributed by atoms with van der Waals surface area (Å²) in [6, 6.07) is 5.33. The Morgan fingerprint density at radius 1 is 1.30 bits per heavy atom. The average Bonchev–Trinajstić information content (AvgIpc) is 3.13. The minimum Gasteiger partial charge on any atom is -0.497 e. The fraction of sp³-hybridized carbons (Fsp3) is 0.500. The van der Waals surface area contributed by atoms with Crippen molar-refractivity contribution in [3.8, 4) is 11.5 Å². The molecular formula is C18H26N4O3S2. The van der Waals surface area contributed by atoms with Crippen molar-refractivity contribution in [2.24, 2.45) is 0 Å². The van der Waals surface area contributed by atoms with Gasteiger partial charge >= 0.3 is 0 Å². The second-order valence-corrected chi connectivity index (χ2v) is 8.04. The first-order valence-electron chi connectivity index (χ1n) is 8.78. The van der Waals surface area contributed by atoms with Gasteiger partial charge in [0.1, 0.15) is 11.5 Å². The van der Waals surface area contributed by atoms with Gasteiger partial charge in [-0.05, 0) is 31.5 Å². The van der Waals surface area contributed by atoms with Crippen LogP contribution in [0.3, 0.4) is 0 Å². The molecule has 0 fully saturated rings. The van der Waals surface area contributed by atoms with Gasteiger partial charge in [-0.1, -0.05) is 36.4 Å². The van der Waals surface area contributed by atoms with E-state index >= 15 is 0 Å². The highest BCUT2D eigenvalue weighted by molar-refractivity contribution is 8.01. The second kappa shape index (κ2) is 11.0. The van der Waals surface area contributed by atoms with E-state index in [4.69, 9.17) is 9.47 Å². The summed E-state index contributed by atoms with van der Waals surface area (Å²) in [5.74, 6) is 1.63. The van der Waals surface area contributed by atoms with E-state index in [9.17, 15) is 4.79 Å². The monoisotopic (exact) mass is 410 g/mol. The molecule has 0 saturated heterocycles. The van der Waals surface area contributed by atoms with Crippen LogP contribution in [0.2, 0.25) is 0 Å². The summed E-state index contributed by atoms with van der Waals surface area (Å²) < 4.78 is 11.4. The summed E-state index contributed by atoms with van der Waals surface area (Å²) in [5.41, 5.74) is 0.869. The van der Waals surface area contributed by atoms with Crippen molar-refractivity contribution >= 4 is 34.1 Å². The number of nitrogens with zero attached hydrogens (tertiary/aromatic N) is 2. The van der Waals surface area contributed by atoms with Gasteiger partial charge in [0.15, 0.2) is 4.34 Å². The molecule has 0 spiro atoms. The topological polar surface area (TPSA) is 85.4 Å². The molecule has 0 bridgehead atoms. The van der Waals surface area contributed by atoms with Crippen LogP contribution in [-0.4, -0.2) is 42.6 Å². The highest BCUT2D eigenvalue weighted by Gasteiger charge is 2.16. The largest absolute Gasteiger partial charge is 0.497 e. The molecule has 1 aromatic carbocycles. The Hall–Kier alpha value is -2.00. The Labute approximate surface area is 168 Å². The van der Waals surface area contributed by atoms with E-state index in [1.807, 2.05) is 25.1 Å². The minimum atomic E-state index is -0.205. The fourth-order valence-electron chi connectivity index (χ4n) is 2.38. The number of anilines is 1. The van der Waals surface area contributed by atoms with E-state index in [1.165, 1.54) is 23.1 Å². The number of hydrogen-bond acceptors (Lipinski definition) is 8. The summed E-state index contributed by atoms with van der Waals surface area (Å²) >= 11 is 2.84. The van der Waals surface area contributed by atoms with E-state index in [-0.39, 0.29) is 17.7 Å². The van der Waals surface area contributed by atoms with Crippen LogP contribution in [0.15, 0.2) is 22.5 Å². The van der Waals surface area contributed by atoms with Crippen LogP contribution in [0.1, 0.15) is 38.3 Å². The highest BCUT2D eigenvalue weighted by Crippen LogP contribution is 2.30. The van der Waals surface area contributed by atoms with Crippen molar-refractivity contribution in [3.63, 3.8) is 0 Å². The number of methoxy groups -OCH3 is 2. The number of amides is 1. The van der Waals surface area contributed by atoms with Gasteiger partial charge in [0.2, 0.25) is 11.0 Å². The molecule has 9 heteroatoms. The van der Waals surface area contributed by atoms with E-state index in [0.717, 1.165) is 40.2 Å². The SMILES string of the molecule is CCCCNc1nnc(SCC(=O)NC(C)c2cc(OC)ccc2OC)s1. The second-order valence-electron chi connectivity index (χ2n) is 5.84. The molecule has 1 amide bonds. The van der Waals surface area contributed by atoms with Gasteiger partial charge < -0.3 is 20.1 Å². The number of unbranched alkanes of at least 4 members (excludes halogenated alkanes) is 1. The first kappa shape index (κ1) is 21.3. The number of carbonyl (C=O) groups is 1. The van der Waals surface area contributed by atoms with Crippen molar-refractivity contribution in [2.75, 3.05) is 31.8 Å². The van der Waals surface area contributed by atoms with Gasteiger partial charge in [-0.25, -0.2) is 0 Å². The molecule has 0 aliphatic carbocycles. The smallest absolute Gasteiger partial charge is 0.230 e. The number of thioether (sulfide) groups is 1. The van der Waals surface area contributed by atoms with Gasteiger partial charge in [-0.2, -0.15) is 0 Å². The molecule has 2 aromatic rings. The molecule has 0 radical (unpaired) electrons. The van der Waals surface area contributed by atoms with Crippen LogP contribution in [0.4, 0.5) is 5.13 Å². The van der Waals surface area contributed by atoms with Crippen molar-refractivity contribution < 1.29 is 14.3 Å². The van der Waals surface area contributed by atoms with E-state index in [1.54, 1.807) is 14.2 Å². The van der Waals surface area contributed by atoms with Gasteiger partial charge in [0.25, 0.3) is 0 Å². The standard InChI is InChI=1S/C18H26N4O3S2/c1-5-6-9-19-17-21-22-18(27-17)26-11-16(23)20-12(2)14-10-13(24-3)7-8-15(14)25-4/h7-8,10,12H,5-6,9,11H2,1-4H3,(H,19,21)(H,20,23). The van der Waals surface area contributed by atoms with E-state index < -0.39 is 0 Å². The predicted octanol–water partition coefficient (Wildman–Crippen LogP) is 3.74. The number of rotatable bonds is 11. The van der Waals surface area contributed by atoms with Gasteiger partial charge in [-0.15, -0.1) is 10.2 Å². The number of benzene rings is 1. The molecule has 0 aliphatic heterocycles. The number of aromatic nitrogens is 2. The Morgan fingerprint density at radius 3 is 2.81 bits per heavy atom. The van der Waals surface area contributed by atoms with Gasteiger partial charge in [0.05, 0.1) is 26.0 Å². The third-order valence-electron chi connectivity index (χ3n) is 3.82. The number of nitrogens with one attached hydrogen (secondary N) is 2. The molecule has 1 atom stereocenters. The molecule has 0 saturated carbocycles. The molecule has 27 heavy (non-hydrogen) atoms. The Bertz CT molecular complexity index is 739. The Kier molecular flexibility index (Phi) is 8.66. The molecule has 7 nitrogen and oxygen atoms in total. The van der Waals surface area contributed by atoms with Crippen LogP contribution in [-0.2, 0) is 4.79 Å². The molecule has 0 aliphatic rings. The fourth-order valence-corrected chi connectivity index (χ4v) is 3.97. The maximum Gasteiger partial charge on any atom is 0.230 e. The lowest BCUT2D eigenvalue weighted by Gasteiger charge is -2.18. The first-order valence-corrected chi connectivity index (χ1v) is 10.6. The summed E-state index contributed by atoms with van der Waals surface area (Å²) in [5, 5.41) is 15.2. The summed E-state index contributed by atoms with van der Waals surface area (Å²) in [4.78, 5) is 12.3. The zero-order valence-electron chi connectivity index (χ0n) is 16.1. The van der Waals surface area contributed by atoms with Crippen LogP contribution in [0.25, 0.3) is 0 Å². The zero-order valence-corrected chi connectivity index (χ0v) is 17.7. The third-order valence-corrected chi connectivity index (χ3v) is 5.83. The van der Waals surface area contributed by atoms with E-state index in [2.05, 4.69) is 27.8 Å². The van der Waals surface area contributed by atoms with Crippen molar-refractivity contribution in [3.05, 3.63) is 23.8 Å². The minimum absolute atomic E-state index is 0.0759. The quantitative estimate of drug-likeness (QED) is 0.431. The maximum atomic E-state index is 12.3. The van der Waals surface area contributed by atoms with Gasteiger partial charge in [0, 0.05) is 12.1 Å². The van der Waals surface area contributed by atoms with Crippen LogP contribution in [0.5, 0.6) is 11.5 Å². The molecule has 1 heterocycles. The number of hydrogen-bond donors (Lipinski definition) is 2. The molecular weight excluding hydrogens is 384 g/mol.